The van der Waals surface area contributed by atoms with E-state index in [0.717, 1.165) is 0 Å². The molecule has 0 atom stereocenters. The van der Waals surface area contributed by atoms with Gasteiger partial charge in [-0.05, 0) is 38.5 Å². The lowest BCUT2D eigenvalue weighted by atomic mass is 10.2. The lowest BCUT2D eigenvalue weighted by Gasteiger charge is -2.09. The molecular weight excluding hydrogens is 298 g/mol. The zero-order valence-corrected chi connectivity index (χ0v) is 13.6. The van der Waals surface area contributed by atoms with Crippen LogP contribution in [-0.4, -0.2) is 37.0 Å². The lowest BCUT2D eigenvalue weighted by molar-refractivity contribution is -0.136. The molecule has 0 aliphatic heterocycles. The van der Waals surface area contributed by atoms with Crippen LogP contribution in [-0.2, 0) is 19.1 Å². The Balaban J connectivity index is 2.40. The lowest BCUT2D eigenvalue weighted by Crippen LogP contribution is -2.36. The second-order valence-corrected chi connectivity index (χ2v) is 5.25. The Labute approximate surface area is 135 Å². The van der Waals surface area contributed by atoms with Crippen molar-refractivity contribution < 1.29 is 19.1 Å². The predicted octanol–water partition coefficient (Wildman–Crippen LogP) is 1.51. The third kappa shape index (κ3) is 7.96. The van der Waals surface area contributed by atoms with Crippen LogP contribution in [0, 0.1) is 0 Å². The highest BCUT2D eigenvalue weighted by Gasteiger charge is 2.13. The summed E-state index contributed by atoms with van der Waals surface area (Å²) >= 11 is 0. The minimum atomic E-state index is -0.755. The third-order valence-electron chi connectivity index (χ3n) is 2.70. The first-order chi connectivity index (χ1) is 10.9. The van der Waals surface area contributed by atoms with Crippen molar-refractivity contribution in [2.75, 3.05) is 23.8 Å². The van der Waals surface area contributed by atoms with Crippen molar-refractivity contribution in [3.8, 4) is 0 Å². The molecule has 0 aliphatic carbocycles. The van der Waals surface area contributed by atoms with Gasteiger partial charge in [-0.1, -0.05) is 6.07 Å². The Morgan fingerprint density at radius 3 is 2.35 bits per heavy atom. The maximum atomic E-state index is 11.8. The van der Waals surface area contributed by atoms with E-state index in [1.165, 1.54) is 6.92 Å². The number of carbonyl (C=O) groups excluding carboxylic acids is 3. The molecule has 7 heteroatoms. The number of ether oxygens (including phenoxy) is 1. The van der Waals surface area contributed by atoms with Crippen LogP contribution in [0.5, 0.6) is 0 Å². The fraction of sp³-hybridized carbons (Fsp3) is 0.438. The van der Waals surface area contributed by atoms with Crippen molar-refractivity contribution in [1.29, 1.82) is 0 Å². The van der Waals surface area contributed by atoms with E-state index >= 15 is 0 Å². The molecule has 1 rings (SSSR count). The van der Waals surface area contributed by atoms with Gasteiger partial charge in [-0.3, -0.25) is 14.4 Å². The monoisotopic (exact) mass is 321 g/mol. The van der Waals surface area contributed by atoms with Crippen LogP contribution in [0.15, 0.2) is 24.3 Å². The first kappa shape index (κ1) is 18.6. The van der Waals surface area contributed by atoms with E-state index in [2.05, 4.69) is 16.0 Å². The van der Waals surface area contributed by atoms with Gasteiger partial charge in [0.25, 0.3) is 0 Å². The molecule has 0 saturated carbocycles. The normalized spacial score (nSPS) is 10.3. The van der Waals surface area contributed by atoms with E-state index in [-0.39, 0.29) is 12.0 Å². The number of rotatable bonds is 7. The van der Waals surface area contributed by atoms with E-state index in [9.17, 15) is 14.4 Å². The summed E-state index contributed by atoms with van der Waals surface area (Å²) in [7, 11) is 0. The molecule has 0 bridgehead atoms. The van der Waals surface area contributed by atoms with Crippen molar-refractivity contribution in [1.82, 2.24) is 5.32 Å². The number of hydrogen-bond donors (Lipinski definition) is 3. The number of nitrogens with one attached hydrogen (secondary N) is 3. The van der Waals surface area contributed by atoms with Crippen LogP contribution < -0.4 is 16.0 Å². The molecule has 1 aromatic carbocycles. The molecule has 0 radical (unpaired) electrons. The minimum absolute atomic E-state index is 0.143. The van der Waals surface area contributed by atoms with Gasteiger partial charge < -0.3 is 20.7 Å². The van der Waals surface area contributed by atoms with E-state index < -0.39 is 11.8 Å². The Kier molecular flexibility index (Phi) is 7.76. The third-order valence-corrected chi connectivity index (χ3v) is 2.70. The molecule has 1 aromatic rings. The zero-order valence-electron chi connectivity index (χ0n) is 13.6. The van der Waals surface area contributed by atoms with E-state index in [0.29, 0.717) is 30.9 Å². The summed E-state index contributed by atoms with van der Waals surface area (Å²) in [5.74, 6) is -1.68. The van der Waals surface area contributed by atoms with Crippen molar-refractivity contribution in [3.05, 3.63) is 24.3 Å². The van der Waals surface area contributed by atoms with Gasteiger partial charge in [0, 0.05) is 31.5 Å². The fourth-order valence-corrected chi connectivity index (χ4v) is 1.74. The van der Waals surface area contributed by atoms with Crippen LogP contribution in [0.25, 0.3) is 0 Å². The van der Waals surface area contributed by atoms with Crippen LogP contribution in [0.4, 0.5) is 11.4 Å². The smallest absolute Gasteiger partial charge is 0.313 e. The van der Waals surface area contributed by atoms with Crippen molar-refractivity contribution in [3.63, 3.8) is 0 Å². The quantitative estimate of drug-likeness (QED) is 0.524. The standard InChI is InChI=1S/C16H23N3O4/c1-11(2)23-9-5-8-17-15(21)16(22)19-14-7-4-6-13(10-14)18-12(3)20/h4,6-7,10-11H,5,8-9H2,1-3H3,(H,17,21)(H,18,20)(H,19,22). The largest absolute Gasteiger partial charge is 0.379 e. The maximum Gasteiger partial charge on any atom is 0.313 e. The number of hydrogen-bond acceptors (Lipinski definition) is 4. The van der Waals surface area contributed by atoms with Crippen LogP contribution in [0.3, 0.4) is 0 Å². The Bertz CT molecular complexity index is 558. The average Bonchev–Trinajstić information content (AvgIpc) is 2.46. The highest BCUT2D eigenvalue weighted by atomic mass is 16.5. The van der Waals surface area contributed by atoms with Crippen molar-refractivity contribution in [2.45, 2.75) is 33.3 Å². The first-order valence-corrected chi connectivity index (χ1v) is 7.47. The molecule has 0 unspecified atom stereocenters. The van der Waals surface area contributed by atoms with Crippen LogP contribution >= 0.6 is 0 Å². The van der Waals surface area contributed by atoms with Gasteiger partial charge >= 0.3 is 11.8 Å². The second-order valence-electron chi connectivity index (χ2n) is 5.25. The van der Waals surface area contributed by atoms with Gasteiger partial charge in [0.15, 0.2) is 0 Å². The summed E-state index contributed by atoms with van der Waals surface area (Å²) in [6.07, 6.45) is 0.778. The molecule has 0 saturated heterocycles. The van der Waals surface area contributed by atoms with Gasteiger partial charge in [0.1, 0.15) is 0 Å². The van der Waals surface area contributed by atoms with Crippen molar-refractivity contribution >= 4 is 29.1 Å². The first-order valence-electron chi connectivity index (χ1n) is 7.47. The molecule has 3 N–H and O–H groups in total. The highest BCUT2D eigenvalue weighted by molar-refractivity contribution is 6.39. The number of anilines is 2. The molecule has 0 spiro atoms. The average molecular weight is 321 g/mol. The number of benzene rings is 1. The Hall–Kier alpha value is -2.41. The van der Waals surface area contributed by atoms with Crippen LogP contribution in [0.2, 0.25) is 0 Å². The van der Waals surface area contributed by atoms with Crippen LogP contribution in [0.1, 0.15) is 27.2 Å². The second kappa shape index (κ2) is 9.58. The summed E-state index contributed by atoms with van der Waals surface area (Å²) in [5.41, 5.74) is 0.973. The summed E-state index contributed by atoms with van der Waals surface area (Å²) in [6, 6.07) is 6.56. The predicted molar refractivity (Wildman–Crippen MR) is 88.1 cm³/mol. The molecule has 3 amide bonds. The van der Waals surface area contributed by atoms with Gasteiger partial charge in [-0.15, -0.1) is 0 Å². The zero-order chi connectivity index (χ0) is 17.2. The van der Waals surface area contributed by atoms with Gasteiger partial charge in [-0.25, -0.2) is 0 Å². The number of amides is 3. The summed E-state index contributed by atoms with van der Waals surface area (Å²) in [6.45, 7) is 6.15. The van der Waals surface area contributed by atoms with E-state index in [1.807, 2.05) is 13.8 Å². The summed E-state index contributed by atoms with van der Waals surface area (Å²) in [5, 5.41) is 7.60. The number of carbonyl (C=O) groups is 3. The summed E-state index contributed by atoms with van der Waals surface area (Å²) < 4.78 is 5.34. The SMILES string of the molecule is CC(=O)Nc1cccc(NC(=O)C(=O)NCCCOC(C)C)c1. The van der Waals surface area contributed by atoms with Gasteiger partial charge in [0.2, 0.25) is 5.91 Å². The highest BCUT2D eigenvalue weighted by Crippen LogP contribution is 2.14. The molecule has 23 heavy (non-hydrogen) atoms. The maximum absolute atomic E-state index is 11.8. The molecule has 0 heterocycles. The molecule has 0 aromatic heterocycles. The van der Waals surface area contributed by atoms with E-state index in [4.69, 9.17) is 4.74 Å². The van der Waals surface area contributed by atoms with Gasteiger partial charge in [-0.2, -0.15) is 0 Å². The fourth-order valence-electron chi connectivity index (χ4n) is 1.74. The summed E-state index contributed by atoms with van der Waals surface area (Å²) in [4.78, 5) is 34.4. The van der Waals surface area contributed by atoms with E-state index in [1.54, 1.807) is 24.3 Å². The molecular formula is C16H23N3O4. The Morgan fingerprint density at radius 1 is 1.09 bits per heavy atom. The van der Waals surface area contributed by atoms with Gasteiger partial charge in [0.05, 0.1) is 6.10 Å². The molecule has 126 valence electrons. The minimum Gasteiger partial charge on any atom is -0.379 e. The topological polar surface area (TPSA) is 96.5 Å². The Morgan fingerprint density at radius 2 is 1.74 bits per heavy atom. The molecule has 7 nitrogen and oxygen atoms in total. The van der Waals surface area contributed by atoms with Crippen molar-refractivity contribution in [2.24, 2.45) is 0 Å². The molecule has 0 aliphatic rings. The molecule has 0 fully saturated rings.